The van der Waals surface area contributed by atoms with Crippen molar-refractivity contribution >= 4 is 20.7 Å². The molecule has 0 rings (SSSR count). The van der Waals surface area contributed by atoms with Crippen LogP contribution in [0, 0.1) is 0 Å². The molecular formula is C2H3O3PRe. The Balaban J connectivity index is 0. The van der Waals surface area contributed by atoms with E-state index in [4.69, 9.17) is 5.11 Å². The summed E-state index contributed by atoms with van der Waals surface area (Å²) in [5.41, 5.74) is -0.907. The molecule has 1 unspecified atom stereocenters. The number of hydrogen-bond acceptors (Lipinski definition) is 2. The molecule has 1 atom stereocenters. The summed E-state index contributed by atoms with van der Waals surface area (Å²) in [5.74, 6) is -1.42. The summed E-state index contributed by atoms with van der Waals surface area (Å²) in [4.78, 5) is 18.8. The second kappa shape index (κ2) is 4.39. The molecule has 0 saturated carbocycles. The summed E-state index contributed by atoms with van der Waals surface area (Å²) in [6, 6.07) is 0. The van der Waals surface area contributed by atoms with Gasteiger partial charge in [0.1, 0.15) is 0 Å². The molecule has 3 nitrogen and oxygen atoms in total. The number of hydrogen-bond donors (Lipinski definition) is 1. The zero-order valence-corrected chi connectivity index (χ0v) is 7.09. The maximum Gasteiger partial charge on any atom is 0.376 e. The summed E-state index contributed by atoms with van der Waals surface area (Å²) in [5, 5.41) is 7.62. The first kappa shape index (κ1) is 10.3. The zero-order valence-electron chi connectivity index (χ0n) is 3.22. The van der Waals surface area contributed by atoms with Crippen LogP contribution < -0.4 is 0 Å². The predicted molar refractivity (Wildman–Crippen MR) is 22.4 cm³/mol. The monoisotopic (exact) mass is 293 g/mol. The molecule has 0 fully saturated rings. The molecule has 0 heterocycles. The Labute approximate surface area is 56.3 Å². The molecule has 0 bridgehead atoms. The molecule has 1 N–H and O–H groups in total. The summed E-state index contributed by atoms with van der Waals surface area (Å²) in [6.07, 6.45) is 0. The number of carboxylic acid groups (broad SMARTS) is 1. The van der Waals surface area contributed by atoms with E-state index in [1.807, 2.05) is 0 Å². The molecule has 0 aliphatic rings. The average molecular weight is 292 g/mol. The van der Waals surface area contributed by atoms with Crippen molar-refractivity contribution in [2.24, 2.45) is 0 Å². The third-order valence-electron chi connectivity index (χ3n) is 0.211. The van der Waals surface area contributed by atoms with E-state index in [0.29, 0.717) is 0 Å². The van der Waals surface area contributed by atoms with Gasteiger partial charge in [0.2, 0.25) is 0 Å². The molecular weight excluding hydrogens is 289 g/mol. The van der Waals surface area contributed by atoms with Gasteiger partial charge in [0.05, 0.1) is 0 Å². The number of rotatable bonds is 1. The van der Waals surface area contributed by atoms with Crippen LogP contribution in [0.4, 0.5) is 0 Å². The minimum Gasteiger partial charge on any atom is -0.475 e. The van der Waals surface area contributed by atoms with Gasteiger partial charge >= 0.3 is 5.97 Å². The van der Waals surface area contributed by atoms with Gasteiger partial charge in [-0.15, -0.1) is 0 Å². The van der Waals surface area contributed by atoms with Crippen molar-refractivity contribution in [2.75, 3.05) is 0 Å². The fourth-order valence-electron chi connectivity index (χ4n) is 0. The van der Waals surface area contributed by atoms with E-state index in [1.165, 1.54) is 9.24 Å². The van der Waals surface area contributed by atoms with Gasteiger partial charge in [-0.2, -0.15) is 0 Å². The van der Waals surface area contributed by atoms with Crippen molar-refractivity contribution in [2.45, 2.75) is 0 Å². The van der Waals surface area contributed by atoms with Crippen LogP contribution in [-0.2, 0) is 30.0 Å². The normalized spacial score (nSPS) is 6.43. The molecule has 0 aliphatic heterocycles. The fourth-order valence-corrected chi connectivity index (χ4v) is 0. The summed E-state index contributed by atoms with van der Waals surface area (Å²) in [6.45, 7) is 0. The van der Waals surface area contributed by atoms with E-state index >= 15 is 0 Å². The standard InChI is InChI=1S/C2H3O3P.Re/c3-1(4)2(5)6;/h6H2,(H,3,4);. The zero-order chi connectivity index (χ0) is 5.15. The number of carbonyl (C=O) groups is 2. The Kier molecular flexibility index (Phi) is 6.44. The van der Waals surface area contributed by atoms with Crippen molar-refractivity contribution in [3.8, 4) is 0 Å². The molecule has 7 heavy (non-hydrogen) atoms. The van der Waals surface area contributed by atoms with Crippen LogP contribution in [0.15, 0.2) is 0 Å². The summed E-state index contributed by atoms with van der Waals surface area (Å²) >= 11 is 0. The van der Waals surface area contributed by atoms with Crippen LogP contribution >= 0.6 is 9.24 Å². The molecule has 1 radical (unpaired) electrons. The number of carboxylic acids is 1. The van der Waals surface area contributed by atoms with Crippen molar-refractivity contribution in [3.05, 3.63) is 0 Å². The van der Waals surface area contributed by atoms with Gasteiger partial charge < -0.3 is 5.11 Å². The van der Waals surface area contributed by atoms with Crippen LogP contribution in [0.3, 0.4) is 0 Å². The van der Waals surface area contributed by atoms with Gasteiger partial charge in [0, 0.05) is 20.4 Å². The van der Waals surface area contributed by atoms with Crippen LogP contribution in [0.25, 0.3) is 0 Å². The molecule has 0 aromatic carbocycles. The van der Waals surface area contributed by atoms with E-state index in [1.54, 1.807) is 0 Å². The molecule has 0 amide bonds. The van der Waals surface area contributed by atoms with Gasteiger partial charge in [-0.1, -0.05) is 9.24 Å². The van der Waals surface area contributed by atoms with Crippen molar-refractivity contribution in [1.29, 1.82) is 0 Å². The molecule has 0 saturated heterocycles. The summed E-state index contributed by atoms with van der Waals surface area (Å²) in [7, 11) is 1.53. The Morgan fingerprint density at radius 3 is 1.57 bits per heavy atom. The van der Waals surface area contributed by atoms with Crippen LogP contribution in [0.5, 0.6) is 0 Å². The molecule has 5 heteroatoms. The van der Waals surface area contributed by atoms with E-state index in [2.05, 4.69) is 0 Å². The van der Waals surface area contributed by atoms with Gasteiger partial charge in [-0.3, -0.25) is 4.79 Å². The first-order valence-corrected chi connectivity index (χ1v) is 1.75. The Morgan fingerprint density at radius 1 is 1.43 bits per heavy atom. The molecule has 0 aliphatic carbocycles. The minimum atomic E-state index is -1.42. The van der Waals surface area contributed by atoms with Gasteiger partial charge in [-0.25, -0.2) is 4.79 Å². The summed E-state index contributed by atoms with van der Waals surface area (Å²) < 4.78 is 0. The topological polar surface area (TPSA) is 54.4 Å². The number of aliphatic carboxylic acids is 1. The fraction of sp³-hybridized carbons (Fsp3) is 0. The first-order chi connectivity index (χ1) is 2.64. The molecule has 0 spiro atoms. The van der Waals surface area contributed by atoms with E-state index in [9.17, 15) is 9.59 Å². The second-order valence-electron chi connectivity index (χ2n) is 0.669. The van der Waals surface area contributed by atoms with Gasteiger partial charge in [0.25, 0.3) is 5.52 Å². The molecule has 0 aromatic heterocycles. The van der Waals surface area contributed by atoms with Crippen LogP contribution in [-0.4, -0.2) is 16.6 Å². The predicted octanol–water partition coefficient (Wildman–Crippen LogP) is -0.530. The smallest absolute Gasteiger partial charge is 0.376 e. The minimum absolute atomic E-state index is 0. The maximum absolute atomic E-state index is 9.51. The number of carbonyl (C=O) groups excluding carboxylic acids is 1. The molecule has 41 valence electrons. The largest absolute Gasteiger partial charge is 0.475 e. The Morgan fingerprint density at radius 2 is 1.57 bits per heavy atom. The van der Waals surface area contributed by atoms with Crippen LogP contribution in [0.1, 0.15) is 0 Å². The Hall–Kier alpha value is 0.232. The Bertz CT molecular complexity index is 78.9. The first-order valence-electron chi connectivity index (χ1n) is 1.17. The SMILES string of the molecule is O=C(O)C(=O)P.[Re]. The van der Waals surface area contributed by atoms with Gasteiger partial charge in [0.15, 0.2) is 0 Å². The van der Waals surface area contributed by atoms with Gasteiger partial charge in [-0.05, 0) is 0 Å². The van der Waals surface area contributed by atoms with Crippen molar-refractivity contribution < 1.29 is 35.1 Å². The second-order valence-corrected chi connectivity index (χ2v) is 1.19. The van der Waals surface area contributed by atoms with Crippen molar-refractivity contribution in [1.82, 2.24) is 0 Å². The van der Waals surface area contributed by atoms with E-state index in [-0.39, 0.29) is 20.4 Å². The molecule has 0 aromatic rings. The van der Waals surface area contributed by atoms with Crippen LogP contribution in [0.2, 0.25) is 0 Å². The van der Waals surface area contributed by atoms with E-state index < -0.39 is 11.5 Å². The average Bonchev–Trinajstić information content (AvgIpc) is 1.36. The third kappa shape index (κ3) is 6.23. The van der Waals surface area contributed by atoms with Crippen molar-refractivity contribution in [3.63, 3.8) is 0 Å². The maximum atomic E-state index is 9.51. The third-order valence-corrected chi connectivity index (χ3v) is 0.458. The van der Waals surface area contributed by atoms with E-state index in [0.717, 1.165) is 0 Å². The quantitative estimate of drug-likeness (QED) is 0.522.